The second kappa shape index (κ2) is 8.95. The monoisotopic (exact) mass is 160 g/mol. The molecular formula is C8H17OP. The van der Waals surface area contributed by atoms with Gasteiger partial charge in [0.05, 0.1) is 6.10 Å². The van der Waals surface area contributed by atoms with Gasteiger partial charge >= 0.3 is 0 Å². The van der Waals surface area contributed by atoms with Crippen LogP contribution in [-0.4, -0.2) is 6.10 Å². The topological polar surface area (TPSA) is 9.23 Å². The van der Waals surface area contributed by atoms with Crippen molar-refractivity contribution in [1.29, 1.82) is 0 Å². The molecule has 0 aromatic carbocycles. The quantitative estimate of drug-likeness (QED) is 0.453. The van der Waals surface area contributed by atoms with Crippen LogP contribution in [0, 0.1) is 12.3 Å². The third kappa shape index (κ3) is 6.08. The Morgan fingerprint density at radius 3 is 2.60 bits per heavy atom. The fourth-order valence-corrected chi connectivity index (χ4v) is 0.941. The lowest BCUT2D eigenvalue weighted by Gasteiger charge is -2.08. The van der Waals surface area contributed by atoms with E-state index in [1.54, 1.807) is 0 Å². The van der Waals surface area contributed by atoms with Crippen LogP contribution in [0.3, 0.4) is 0 Å². The van der Waals surface area contributed by atoms with Crippen LogP contribution in [0.4, 0.5) is 0 Å². The lowest BCUT2D eigenvalue weighted by Crippen LogP contribution is -2.04. The highest BCUT2D eigenvalue weighted by Gasteiger charge is 2.00. The maximum absolute atomic E-state index is 5.07. The predicted molar refractivity (Wildman–Crippen MR) is 49.7 cm³/mol. The van der Waals surface area contributed by atoms with Crippen LogP contribution in [0.25, 0.3) is 0 Å². The largest absolute Gasteiger partial charge is 0.362 e. The molecule has 0 aromatic rings. The van der Waals surface area contributed by atoms with Crippen molar-refractivity contribution in [2.24, 2.45) is 0 Å². The van der Waals surface area contributed by atoms with Crippen molar-refractivity contribution >= 4 is 9.47 Å². The van der Waals surface area contributed by atoms with Crippen molar-refractivity contribution in [3.05, 3.63) is 0 Å². The summed E-state index contributed by atoms with van der Waals surface area (Å²) in [6.45, 7) is 2.09. The van der Waals surface area contributed by atoms with Gasteiger partial charge in [-0.05, 0) is 12.8 Å². The summed E-state index contributed by atoms with van der Waals surface area (Å²) in [5.41, 5.74) is 0. The first-order valence-corrected chi connectivity index (χ1v) is 3.61. The van der Waals surface area contributed by atoms with Gasteiger partial charge in [0, 0.05) is 15.9 Å². The summed E-state index contributed by atoms with van der Waals surface area (Å²) in [7, 11) is 2.26. The van der Waals surface area contributed by atoms with E-state index in [1.165, 1.54) is 0 Å². The average molecular weight is 160 g/mol. The minimum atomic E-state index is 0. The van der Waals surface area contributed by atoms with E-state index in [-0.39, 0.29) is 7.43 Å². The molecule has 0 radical (unpaired) electrons. The van der Waals surface area contributed by atoms with Gasteiger partial charge in [0.2, 0.25) is 0 Å². The first-order chi connectivity index (χ1) is 4.35. The fraction of sp³-hybridized carbons (Fsp3) is 0.750. The van der Waals surface area contributed by atoms with Crippen molar-refractivity contribution in [2.45, 2.75) is 39.7 Å². The van der Waals surface area contributed by atoms with E-state index in [2.05, 4.69) is 22.3 Å². The molecule has 0 rings (SSSR count). The highest BCUT2D eigenvalue weighted by Crippen LogP contribution is 2.08. The summed E-state index contributed by atoms with van der Waals surface area (Å²) in [6, 6.07) is 0. The molecule has 10 heavy (non-hydrogen) atoms. The van der Waals surface area contributed by atoms with E-state index >= 15 is 0 Å². The molecule has 0 aliphatic carbocycles. The number of hydrogen-bond donors (Lipinski definition) is 0. The normalized spacial score (nSPS) is 11.3. The lowest BCUT2D eigenvalue weighted by molar-refractivity contribution is 0.224. The minimum Gasteiger partial charge on any atom is -0.362 e. The SMILES string of the molecule is C.C#CCC[C@H](CC)OP. The summed E-state index contributed by atoms with van der Waals surface area (Å²) in [5, 5.41) is 0. The van der Waals surface area contributed by atoms with E-state index < -0.39 is 0 Å². The zero-order chi connectivity index (χ0) is 7.11. The fourth-order valence-electron chi connectivity index (χ4n) is 0.613. The van der Waals surface area contributed by atoms with Crippen molar-refractivity contribution < 1.29 is 4.52 Å². The van der Waals surface area contributed by atoms with Gasteiger partial charge in [0.25, 0.3) is 0 Å². The molecule has 1 unspecified atom stereocenters. The van der Waals surface area contributed by atoms with Gasteiger partial charge in [0.15, 0.2) is 0 Å². The van der Waals surface area contributed by atoms with Gasteiger partial charge in [-0.1, -0.05) is 14.4 Å². The minimum absolute atomic E-state index is 0. The number of rotatable bonds is 4. The molecule has 0 spiro atoms. The molecule has 1 nitrogen and oxygen atoms in total. The van der Waals surface area contributed by atoms with Crippen molar-refractivity contribution in [2.75, 3.05) is 0 Å². The molecule has 2 atom stereocenters. The molecule has 0 amide bonds. The van der Waals surface area contributed by atoms with Crippen LogP contribution in [0.15, 0.2) is 0 Å². The summed E-state index contributed by atoms with van der Waals surface area (Å²) >= 11 is 0. The Balaban J connectivity index is 0. The maximum Gasteiger partial charge on any atom is 0.0617 e. The Morgan fingerprint density at radius 1 is 1.70 bits per heavy atom. The van der Waals surface area contributed by atoms with Gasteiger partial charge in [-0.2, -0.15) is 0 Å². The third-order valence-corrected chi connectivity index (χ3v) is 1.64. The Labute approximate surface area is 66.8 Å². The summed E-state index contributed by atoms with van der Waals surface area (Å²) < 4.78 is 5.02. The van der Waals surface area contributed by atoms with Crippen LogP contribution < -0.4 is 0 Å². The standard InChI is InChI=1S/C7H13OP.CH4/c1-3-5-6-7(4-2)8-9;/h1,7H,4-6,9H2,2H3;1H4/t7-;/m0./s1. The van der Waals surface area contributed by atoms with Crippen molar-refractivity contribution in [3.63, 3.8) is 0 Å². The van der Waals surface area contributed by atoms with Gasteiger partial charge < -0.3 is 4.52 Å². The molecule has 0 bridgehead atoms. The molecule has 0 heterocycles. The summed E-state index contributed by atoms with van der Waals surface area (Å²) in [4.78, 5) is 0. The molecule has 2 heteroatoms. The van der Waals surface area contributed by atoms with E-state index in [0.717, 1.165) is 19.3 Å². The third-order valence-electron chi connectivity index (χ3n) is 1.26. The molecule has 0 N–H and O–H groups in total. The first kappa shape index (κ1) is 12.6. The van der Waals surface area contributed by atoms with Crippen LogP contribution in [0.5, 0.6) is 0 Å². The molecule has 0 saturated heterocycles. The Kier molecular flexibility index (Phi) is 11.3. The molecule has 0 aliphatic rings. The van der Waals surface area contributed by atoms with Crippen LogP contribution in [0.2, 0.25) is 0 Å². The van der Waals surface area contributed by atoms with Gasteiger partial charge in [0.1, 0.15) is 0 Å². The average Bonchev–Trinajstić information content (AvgIpc) is 1.91. The zero-order valence-electron chi connectivity index (χ0n) is 5.76. The Bertz CT molecular complexity index is 91.9. The highest BCUT2D eigenvalue weighted by atomic mass is 31.0. The van der Waals surface area contributed by atoms with Crippen LogP contribution in [0.1, 0.15) is 33.6 Å². The first-order valence-electron chi connectivity index (χ1n) is 3.14. The second-order valence-electron chi connectivity index (χ2n) is 1.91. The van der Waals surface area contributed by atoms with Gasteiger partial charge in [-0.3, -0.25) is 0 Å². The van der Waals surface area contributed by atoms with Crippen molar-refractivity contribution in [3.8, 4) is 12.3 Å². The summed E-state index contributed by atoms with van der Waals surface area (Å²) in [5.74, 6) is 2.58. The predicted octanol–water partition coefficient (Wildman–Crippen LogP) is 2.62. The highest BCUT2D eigenvalue weighted by molar-refractivity contribution is 7.09. The maximum atomic E-state index is 5.07. The molecule has 0 aromatic heterocycles. The Hall–Kier alpha value is -0.0500. The van der Waals surface area contributed by atoms with E-state index in [1.807, 2.05) is 0 Å². The number of hydrogen-bond acceptors (Lipinski definition) is 1. The molecule has 0 saturated carbocycles. The Morgan fingerprint density at radius 2 is 2.30 bits per heavy atom. The molecular weight excluding hydrogens is 143 g/mol. The molecule has 0 aliphatic heterocycles. The van der Waals surface area contributed by atoms with Gasteiger partial charge in [-0.25, -0.2) is 0 Å². The van der Waals surface area contributed by atoms with E-state index in [0.29, 0.717) is 6.10 Å². The second-order valence-corrected chi connectivity index (χ2v) is 2.18. The lowest BCUT2D eigenvalue weighted by atomic mass is 10.2. The molecule has 0 fully saturated rings. The van der Waals surface area contributed by atoms with Crippen molar-refractivity contribution in [1.82, 2.24) is 0 Å². The van der Waals surface area contributed by atoms with E-state index in [4.69, 9.17) is 10.9 Å². The number of terminal acetylenes is 1. The zero-order valence-corrected chi connectivity index (χ0v) is 6.92. The van der Waals surface area contributed by atoms with Crippen LogP contribution in [-0.2, 0) is 4.52 Å². The van der Waals surface area contributed by atoms with Gasteiger partial charge in [-0.15, -0.1) is 12.3 Å². The smallest absolute Gasteiger partial charge is 0.0617 e. The summed E-state index contributed by atoms with van der Waals surface area (Å²) in [6.07, 6.45) is 8.21. The van der Waals surface area contributed by atoms with E-state index in [9.17, 15) is 0 Å². The molecule has 60 valence electrons. The van der Waals surface area contributed by atoms with Crippen LogP contribution >= 0.6 is 9.47 Å².